The quantitative estimate of drug-likeness (QED) is 0.510. The number of nitrogens with one attached hydrogen (secondary N) is 1. The number of carbonyl (C=O) groups excluding carboxylic acids is 1. The van der Waals surface area contributed by atoms with Gasteiger partial charge in [-0.15, -0.1) is 0 Å². The van der Waals surface area contributed by atoms with E-state index in [4.69, 9.17) is 11.6 Å². The molecule has 1 N–H and O–H groups in total. The molecular formula is C23H25ClFN3O3. The Bertz CT molecular complexity index is 1180. The Morgan fingerprint density at radius 3 is 2.58 bits per heavy atom. The summed E-state index contributed by atoms with van der Waals surface area (Å²) < 4.78 is 16.9. The number of para-hydroxylation sites is 1. The Labute approximate surface area is 184 Å². The van der Waals surface area contributed by atoms with E-state index in [-0.39, 0.29) is 29.6 Å². The van der Waals surface area contributed by atoms with E-state index in [1.54, 1.807) is 30.3 Å². The third kappa shape index (κ3) is 5.22. The Hall–Kier alpha value is -2.93. The molecule has 0 atom stereocenters. The van der Waals surface area contributed by atoms with Gasteiger partial charge in [0.15, 0.2) is 0 Å². The molecule has 0 saturated carbocycles. The van der Waals surface area contributed by atoms with Gasteiger partial charge in [0.05, 0.1) is 17.4 Å². The normalized spacial score (nSPS) is 11.1. The first-order valence-corrected chi connectivity index (χ1v) is 10.7. The highest BCUT2D eigenvalue weighted by Crippen LogP contribution is 2.21. The maximum absolute atomic E-state index is 14.4. The molecule has 2 aromatic carbocycles. The minimum absolute atomic E-state index is 0.0423. The van der Waals surface area contributed by atoms with Crippen molar-refractivity contribution in [3.63, 3.8) is 0 Å². The number of carbonyl (C=O) groups is 1. The smallest absolute Gasteiger partial charge is 0.331 e. The van der Waals surface area contributed by atoms with E-state index >= 15 is 0 Å². The summed E-state index contributed by atoms with van der Waals surface area (Å²) in [6.45, 7) is 2.69. The first-order chi connectivity index (χ1) is 14.9. The van der Waals surface area contributed by atoms with Crippen LogP contribution in [0.1, 0.15) is 38.2 Å². The predicted octanol–water partition coefficient (Wildman–Crippen LogP) is 3.70. The number of fused-ring (bicyclic) bond motifs is 1. The second-order valence-electron chi connectivity index (χ2n) is 7.35. The summed E-state index contributed by atoms with van der Waals surface area (Å²) >= 11 is 6.16. The maximum atomic E-state index is 14.4. The molecule has 1 heterocycles. The largest absolute Gasteiger partial charge is 0.356 e. The lowest BCUT2D eigenvalue weighted by atomic mass is 10.2. The summed E-state index contributed by atoms with van der Waals surface area (Å²) in [5.41, 5.74) is -0.313. The van der Waals surface area contributed by atoms with Crippen molar-refractivity contribution in [1.29, 1.82) is 0 Å². The van der Waals surface area contributed by atoms with Gasteiger partial charge in [-0.05, 0) is 43.5 Å². The zero-order chi connectivity index (χ0) is 22.4. The van der Waals surface area contributed by atoms with Crippen molar-refractivity contribution in [1.82, 2.24) is 14.5 Å². The number of hydrogen-bond acceptors (Lipinski definition) is 3. The minimum Gasteiger partial charge on any atom is -0.356 e. The molecule has 0 saturated heterocycles. The van der Waals surface area contributed by atoms with Crippen LogP contribution in [0.2, 0.25) is 5.02 Å². The van der Waals surface area contributed by atoms with Crippen LogP contribution in [0.5, 0.6) is 0 Å². The van der Waals surface area contributed by atoms with Crippen LogP contribution < -0.4 is 16.6 Å². The number of nitrogens with zero attached hydrogens (tertiary/aromatic N) is 2. The SMILES string of the molecule is CCCNC(=O)CCCCn1c(=O)c2ccccc2n(Cc2c(F)cccc2Cl)c1=O. The standard InChI is InChI=1S/C23H25ClFN3O3/c1-2-13-26-21(29)12-5-6-14-27-22(30)16-8-3-4-11-20(16)28(23(27)31)15-17-18(24)9-7-10-19(17)25/h3-4,7-11H,2,5-6,12-15H2,1H3,(H,26,29). The highest BCUT2D eigenvalue weighted by Gasteiger charge is 2.16. The summed E-state index contributed by atoms with van der Waals surface area (Å²) in [6, 6.07) is 11.1. The molecule has 8 heteroatoms. The van der Waals surface area contributed by atoms with Crippen LogP contribution in [0.15, 0.2) is 52.1 Å². The fourth-order valence-corrected chi connectivity index (χ4v) is 3.69. The molecule has 0 radical (unpaired) electrons. The lowest BCUT2D eigenvalue weighted by molar-refractivity contribution is -0.121. The Morgan fingerprint density at radius 1 is 1.06 bits per heavy atom. The van der Waals surface area contributed by atoms with Gasteiger partial charge >= 0.3 is 5.69 Å². The van der Waals surface area contributed by atoms with E-state index in [0.717, 1.165) is 11.0 Å². The maximum Gasteiger partial charge on any atom is 0.331 e. The van der Waals surface area contributed by atoms with E-state index in [0.29, 0.717) is 36.7 Å². The molecule has 6 nitrogen and oxygen atoms in total. The van der Waals surface area contributed by atoms with E-state index in [9.17, 15) is 18.8 Å². The molecule has 1 aromatic heterocycles. The van der Waals surface area contributed by atoms with Gasteiger partial charge in [-0.25, -0.2) is 9.18 Å². The average Bonchev–Trinajstić information content (AvgIpc) is 2.76. The summed E-state index contributed by atoms with van der Waals surface area (Å²) in [5.74, 6) is -0.557. The van der Waals surface area contributed by atoms with Gasteiger partial charge in [-0.2, -0.15) is 0 Å². The third-order valence-electron chi connectivity index (χ3n) is 5.12. The molecule has 0 fully saturated rings. The fourth-order valence-electron chi connectivity index (χ4n) is 3.47. The van der Waals surface area contributed by atoms with Crippen molar-refractivity contribution in [2.75, 3.05) is 6.54 Å². The fraction of sp³-hybridized carbons (Fsp3) is 0.348. The molecule has 164 valence electrons. The molecule has 0 spiro atoms. The van der Waals surface area contributed by atoms with Crippen LogP contribution in [-0.4, -0.2) is 21.6 Å². The van der Waals surface area contributed by atoms with Gasteiger partial charge in [0.2, 0.25) is 5.91 Å². The predicted molar refractivity (Wildman–Crippen MR) is 120 cm³/mol. The number of benzene rings is 2. The lowest BCUT2D eigenvalue weighted by Gasteiger charge is -2.15. The van der Waals surface area contributed by atoms with Crippen LogP contribution in [0, 0.1) is 5.82 Å². The molecule has 0 aliphatic heterocycles. The van der Waals surface area contributed by atoms with Crippen molar-refractivity contribution in [2.24, 2.45) is 0 Å². The molecular weight excluding hydrogens is 421 g/mol. The van der Waals surface area contributed by atoms with Crippen LogP contribution >= 0.6 is 11.6 Å². The highest BCUT2D eigenvalue weighted by molar-refractivity contribution is 6.31. The van der Waals surface area contributed by atoms with Crippen molar-refractivity contribution >= 4 is 28.4 Å². The van der Waals surface area contributed by atoms with Gasteiger partial charge in [0.25, 0.3) is 5.56 Å². The van der Waals surface area contributed by atoms with Crippen LogP contribution in [0.4, 0.5) is 4.39 Å². The molecule has 0 aliphatic rings. The summed E-state index contributed by atoms with van der Waals surface area (Å²) in [6.07, 6.45) is 2.24. The zero-order valence-electron chi connectivity index (χ0n) is 17.4. The van der Waals surface area contributed by atoms with Crippen molar-refractivity contribution in [3.05, 3.63) is 79.7 Å². The lowest BCUT2D eigenvalue weighted by Crippen LogP contribution is -2.40. The molecule has 31 heavy (non-hydrogen) atoms. The Kier molecular flexibility index (Phi) is 7.63. The van der Waals surface area contributed by atoms with E-state index in [2.05, 4.69) is 5.32 Å². The number of unbranched alkanes of at least 4 members (excludes halogenated alkanes) is 1. The van der Waals surface area contributed by atoms with Crippen molar-refractivity contribution < 1.29 is 9.18 Å². The van der Waals surface area contributed by atoms with Gasteiger partial charge in [-0.3, -0.25) is 18.7 Å². The number of hydrogen-bond donors (Lipinski definition) is 1. The number of halogens is 2. The third-order valence-corrected chi connectivity index (χ3v) is 5.47. The first kappa shape index (κ1) is 22.7. The topological polar surface area (TPSA) is 73.1 Å². The second-order valence-corrected chi connectivity index (χ2v) is 7.76. The molecule has 1 amide bonds. The monoisotopic (exact) mass is 445 g/mol. The summed E-state index contributed by atoms with van der Waals surface area (Å²) in [5, 5.41) is 3.39. The average molecular weight is 446 g/mol. The van der Waals surface area contributed by atoms with Gasteiger partial charge < -0.3 is 5.32 Å². The van der Waals surface area contributed by atoms with Crippen LogP contribution in [0.25, 0.3) is 10.9 Å². The zero-order valence-corrected chi connectivity index (χ0v) is 18.1. The molecule has 0 aliphatic carbocycles. The van der Waals surface area contributed by atoms with Crippen LogP contribution in [-0.2, 0) is 17.9 Å². The number of aromatic nitrogens is 2. The van der Waals surface area contributed by atoms with Gasteiger partial charge in [0, 0.05) is 30.1 Å². The van der Waals surface area contributed by atoms with E-state index in [1.165, 1.54) is 16.7 Å². The molecule has 3 aromatic rings. The van der Waals surface area contributed by atoms with Gasteiger partial charge in [-0.1, -0.05) is 36.7 Å². The Morgan fingerprint density at radius 2 is 1.84 bits per heavy atom. The molecule has 0 unspecified atom stereocenters. The molecule has 3 rings (SSSR count). The summed E-state index contributed by atoms with van der Waals surface area (Å²) in [7, 11) is 0. The molecule has 0 bridgehead atoms. The van der Waals surface area contributed by atoms with E-state index < -0.39 is 17.1 Å². The highest BCUT2D eigenvalue weighted by atomic mass is 35.5. The second kappa shape index (κ2) is 10.4. The first-order valence-electron chi connectivity index (χ1n) is 10.4. The Balaban J connectivity index is 1.92. The van der Waals surface area contributed by atoms with Crippen molar-refractivity contribution in [2.45, 2.75) is 45.7 Å². The number of amides is 1. The van der Waals surface area contributed by atoms with Crippen LogP contribution in [0.3, 0.4) is 0 Å². The summed E-state index contributed by atoms with van der Waals surface area (Å²) in [4.78, 5) is 37.9. The van der Waals surface area contributed by atoms with Crippen molar-refractivity contribution in [3.8, 4) is 0 Å². The number of rotatable bonds is 9. The van der Waals surface area contributed by atoms with E-state index in [1.807, 2.05) is 6.92 Å². The van der Waals surface area contributed by atoms with Gasteiger partial charge in [0.1, 0.15) is 5.82 Å². The minimum atomic E-state index is -0.529.